The molecule has 0 fully saturated rings. The van der Waals surface area contributed by atoms with Crippen molar-refractivity contribution in [3.63, 3.8) is 0 Å². The summed E-state index contributed by atoms with van der Waals surface area (Å²) < 4.78 is 42.2. The molecule has 0 radical (unpaired) electrons. The van der Waals surface area contributed by atoms with Crippen molar-refractivity contribution in [2.45, 2.75) is 32.5 Å². The molecule has 0 spiro atoms. The molecule has 0 amide bonds. The molecule has 0 N–H and O–H groups in total. The Hall–Kier alpha value is -1.04. The molecular weight excluding hydrogens is 245 g/mol. The van der Waals surface area contributed by atoms with E-state index in [1.807, 2.05) is 0 Å². The number of aromatic nitrogens is 2. The predicted molar refractivity (Wildman–Crippen MR) is 52.4 cm³/mol. The first-order valence-electron chi connectivity index (χ1n) is 4.39. The van der Waals surface area contributed by atoms with Crippen molar-refractivity contribution in [1.82, 2.24) is 9.97 Å². The van der Waals surface area contributed by atoms with Gasteiger partial charge >= 0.3 is 6.18 Å². The number of hydrogen-bond donors (Lipinski definition) is 0. The van der Waals surface area contributed by atoms with Crippen LogP contribution in [0.5, 0.6) is 5.88 Å². The van der Waals surface area contributed by atoms with E-state index in [1.54, 1.807) is 20.8 Å². The molecule has 0 aliphatic heterocycles. The molecule has 1 heterocycles. The summed E-state index contributed by atoms with van der Waals surface area (Å²) in [5, 5.41) is -0.304. The molecule has 0 saturated heterocycles. The smallest absolute Gasteiger partial charge is 0.451 e. The normalized spacial score (nSPS) is 12.7. The lowest BCUT2D eigenvalue weighted by molar-refractivity contribution is -0.145. The highest BCUT2D eigenvalue weighted by Gasteiger charge is 2.35. The highest BCUT2D eigenvalue weighted by atomic mass is 35.5. The Morgan fingerprint density at radius 2 is 1.75 bits per heavy atom. The second-order valence-corrected chi connectivity index (χ2v) is 4.45. The Bertz CT molecular complexity index is 387. The van der Waals surface area contributed by atoms with E-state index in [0.717, 1.165) is 6.07 Å². The Kier molecular flexibility index (Phi) is 3.33. The summed E-state index contributed by atoms with van der Waals surface area (Å²) in [5.41, 5.74) is -0.652. The van der Waals surface area contributed by atoms with E-state index in [9.17, 15) is 13.2 Å². The molecule has 7 heteroatoms. The van der Waals surface area contributed by atoms with Gasteiger partial charge in [0.25, 0.3) is 0 Å². The number of rotatable bonds is 1. The van der Waals surface area contributed by atoms with E-state index in [1.165, 1.54) is 0 Å². The Morgan fingerprint density at radius 3 is 2.19 bits per heavy atom. The highest BCUT2D eigenvalue weighted by Crippen LogP contribution is 2.29. The first-order chi connectivity index (χ1) is 7.08. The van der Waals surface area contributed by atoms with Crippen LogP contribution < -0.4 is 4.74 Å². The van der Waals surface area contributed by atoms with Crippen molar-refractivity contribution in [2.24, 2.45) is 0 Å². The van der Waals surface area contributed by atoms with Gasteiger partial charge in [-0.1, -0.05) is 11.6 Å². The number of halogens is 4. The molecule has 1 aromatic heterocycles. The van der Waals surface area contributed by atoms with Crippen LogP contribution in [0.4, 0.5) is 13.2 Å². The van der Waals surface area contributed by atoms with Crippen molar-refractivity contribution in [3.05, 3.63) is 17.0 Å². The van der Waals surface area contributed by atoms with Gasteiger partial charge in [-0.2, -0.15) is 18.2 Å². The average molecular weight is 255 g/mol. The second-order valence-electron chi connectivity index (χ2n) is 4.06. The first kappa shape index (κ1) is 13.0. The highest BCUT2D eigenvalue weighted by molar-refractivity contribution is 6.29. The van der Waals surface area contributed by atoms with E-state index in [4.69, 9.17) is 16.3 Å². The van der Waals surface area contributed by atoms with E-state index in [2.05, 4.69) is 9.97 Å². The fraction of sp³-hybridized carbons (Fsp3) is 0.556. The Balaban J connectivity index is 3.09. The third-order valence-corrected chi connectivity index (χ3v) is 1.53. The van der Waals surface area contributed by atoms with Crippen molar-refractivity contribution in [3.8, 4) is 5.88 Å². The van der Waals surface area contributed by atoms with Gasteiger partial charge in [0, 0.05) is 6.07 Å². The molecule has 0 saturated carbocycles. The van der Waals surface area contributed by atoms with Gasteiger partial charge in [0.2, 0.25) is 11.7 Å². The largest absolute Gasteiger partial charge is 0.472 e. The van der Waals surface area contributed by atoms with Crippen molar-refractivity contribution >= 4 is 11.6 Å². The SMILES string of the molecule is CC(C)(C)Oc1cc(Cl)nc(C(F)(F)F)n1. The fourth-order valence-electron chi connectivity index (χ4n) is 0.890. The molecule has 0 unspecified atom stereocenters. The Morgan fingerprint density at radius 1 is 1.19 bits per heavy atom. The molecule has 0 aliphatic carbocycles. The van der Waals surface area contributed by atoms with Crippen LogP contribution in [0.15, 0.2) is 6.07 Å². The van der Waals surface area contributed by atoms with Gasteiger partial charge in [0.05, 0.1) is 0 Å². The van der Waals surface area contributed by atoms with Gasteiger partial charge in [-0.25, -0.2) is 4.98 Å². The lowest BCUT2D eigenvalue weighted by Gasteiger charge is -2.20. The van der Waals surface area contributed by atoms with Gasteiger partial charge in [-0.15, -0.1) is 0 Å². The molecule has 3 nitrogen and oxygen atoms in total. The number of alkyl halides is 3. The van der Waals surface area contributed by atoms with Crippen LogP contribution in [0, 0.1) is 0 Å². The van der Waals surface area contributed by atoms with E-state index in [-0.39, 0.29) is 11.0 Å². The van der Waals surface area contributed by atoms with Crippen molar-refractivity contribution in [2.75, 3.05) is 0 Å². The maximum atomic E-state index is 12.3. The lowest BCUT2D eigenvalue weighted by atomic mass is 10.2. The summed E-state index contributed by atoms with van der Waals surface area (Å²) in [6, 6.07) is 1.14. The molecule has 0 atom stereocenters. The average Bonchev–Trinajstić information content (AvgIpc) is 1.97. The van der Waals surface area contributed by atoms with E-state index >= 15 is 0 Å². The number of hydrogen-bond acceptors (Lipinski definition) is 3. The summed E-state index contributed by atoms with van der Waals surface area (Å²) in [5.74, 6) is -1.50. The minimum atomic E-state index is -4.64. The molecule has 90 valence electrons. The standard InChI is InChI=1S/C9H10ClF3N2O/c1-8(2,3)16-6-4-5(10)14-7(15-6)9(11,12)13/h4H,1-3H3. The number of nitrogens with zero attached hydrogens (tertiary/aromatic N) is 2. The topological polar surface area (TPSA) is 35.0 Å². The van der Waals surface area contributed by atoms with Crippen molar-refractivity contribution < 1.29 is 17.9 Å². The van der Waals surface area contributed by atoms with Crippen LogP contribution in [-0.4, -0.2) is 15.6 Å². The minimum Gasteiger partial charge on any atom is -0.472 e. The fourth-order valence-corrected chi connectivity index (χ4v) is 1.06. The van der Waals surface area contributed by atoms with Crippen LogP contribution in [-0.2, 0) is 6.18 Å². The summed E-state index contributed by atoms with van der Waals surface area (Å²) in [6.07, 6.45) is -4.64. The van der Waals surface area contributed by atoms with Gasteiger partial charge < -0.3 is 4.74 Å². The monoisotopic (exact) mass is 254 g/mol. The van der Waals surface area contributed by atoms with Gasteiger partial charge in [-0.3, -0.25) is 0 Å². The summed E-state index contributed by atoms with van der Waals surface area (Å²) >= 11 is 5.45. The molecule has 0 bridgehead atoms. The maximum Gasteiger partial charge on any atom is 0.451 e. The van der Waals surface area contributed by atoms with Gasteiger partial charge in [0.1, 0.15) is 10.8 Å². The molecule has 1 aromatic rings. The summed E-state index contributed by atoms with van der Waals surface area (Å²) in [6.45, 7) is 5.07. The zero-order valence-electron chi connectivity index (χ0n) is 8.89. The zero-order chi connectivity index (χ0) is 12.6. The molecular formula is C9H10ClF3N2O. The number of ether oxygens (including phenoxy) is 1. The van der Waals surface area contributed by atoms with Gasteiger partial charge in [0.15, 0.2) is 0 Å². The molecule has 0 aromatic carbocycles. The second kappa shape index (κ2) is 4.08. The lowest BCUT2D eigenvalue weighted by Crippen LogP contribution is -2.24. The predicted octanol–water partition coefficient (Wildman–Crippen LogP) is 3.33. The molecule has 0 aliphatic rings. The molecule has 16 heavy (non-hydrogen) atoms. The van der Waals surface area contributed by atoms with Crippen LogP contribution in [0.3, 0.4) is 0 Å². The van der Waals surface area contributed by atoms with Crippen LogP contribution >= 0.6 is 11.6 Å². The zero-order valence-corrected chi connectivity index (χ0v) is 9.65. The van der Waals surface area contributed by atoms with E-state index in [0.29, 0.717) is 0 Å². The first-order valence-corrected chi connectivity index (χ1v) is 4.76. The Labute approximate surface area is 95.6 Å². The third kappa shape index (κ3) is 3.84. The molecule has 1 rings (SSSR count). The minimum absolute atomic E-state index is 0.195. The van der Waals surface area contributed by atoms with Gasteiger partial charge in [-0.05, 0) is 20.8 Å². The summed E-state index contributed by atoms with van der Waals surface area (Å²) in [4.78, 5) is 6.33. The maximum absolute atomic E-state index is 12.3. The van der Waals surface area contributed by atoms with Crippen molar-refractivity contribution in [1.29, 1.82) is 0 Å². The van der Waals surface area contributed by atoms with E-state index < -0.39 is 17.6 Å². The quantitative estimate of drug-likeness (QED) is 0.721. The summed E-state index contributed by atoms with van der Waals surface area (Å²) in [7, 11) is 0. The van der Waals surface area contributed by atoms with Crippen LogP contribution in [0.2, 0.25) is 5.15 Å². The third-order valence-electron chi connectivity index (χ3n) is 1.34. The van der Waals surface area contributed by atoms with Crippen LogP contribution in [0.1, 0.15) is 26.6 Å². The van der Waals surface area contributed by atoms with Crippen LogP contribution in [0.25, 0.3) is 0 Å².